The number of nitrogens with one attached hydrogen (secondary N) is 2. The molecule has 1 aromatic heterocycles. The van der Waals surface area contributed by atoms with E-state index >= 15 is 0 Å². The van der Waals surface area contributed by atoms with Crippen molar-refractivity contribution in [2.45, 2.75) is 39.2 Å². The maximum Gasteiger partial charge on any atom is 0.230 e. The number of guanidine groups is 1. The van der Waals surface area contributed by atoms with E-state index in [1.807, 2.05) is 32.6 Å². The average molecular weight is 335 g/mol. The maximum atomic E-state index is 12.6. The summed E-state index contributed by atoms with van der Waals surface area (Å²) in [5, 5.41) is 14.5. The summed E-state index contributed by atoms with van der Waals surface area (Å²) in [4.78, 5) is 18.9. The van der Waals surface area contributed by atoms with E-state index in [1.165, 1.54) is 0 Å². The van der Waals surface area contributed by atoms with Crippen LogP contribution in [-0.2, 0) is 18.4 Å². The van der Waals surface area contributed by atoms with Crippen molar-refractivity contribution in [2.24, 2.45) is 17.5 Å². The summed E-state index contributed by atoms with van der Waals surface area (Å²) < 4.78 is 1.85. The minimum absolute atomic E-state index is 0.205. The first-order valence-corrected chi connectivity index (χ1v) is 8.55. The molecule has 1 amide bonds. The van der Waals surface area contributed by atoms with E-state index in [2.05, 4.69) is 25.8 Å². The van der Waals surface area contributed by atoms with E-state index in [4.69, 9.17) is 0 Å². The molecule has 0 radical (unpaired) electrons. The fourth-order valence-corrected chi connectivity index (χ4v) is 3.19. The molecule has 0 atom stereocenters. The Morgan fingerprint density at radius 1 is 1.38 bits per heavy atom. The van der Waals surface area contributed by atoms with Crippen molar-refractivity contribution in [3.8, 4) is 0 Å². The van der Waals surface area contributed by atoms with Crippen LogP contribution in [0.3, 0.4) is 0 Å². The zero-order valence-electron chi connectivity index (χ0n) is 15.2. The first kappa shape index (κ1) is 18.2. The predicted octanol–water partition coefficient (Wildman–Crippen LogP) is 0.519. The zero-order chi connectivity index (χ0) is 17.6. The Kier molecular flexibility index (Phi) is 6.16. The molecule has 1 saturated carbocycles. The fraction of sp³-hybridized carbons (Fsp3) is 0.750. The minimum Gasteiger partial charge on any atom is -0.357 e. The summed E-state index contributed by atoms with van der Waals surface area (Å²) in [5.74, 6) is 1.71. The fourth-order valence-electron chi connectivity index (χ4n) is 3.19. The Bertz CT molecular complexity index is 573. The van der Waals surface area contributed by atoms with Crippen LogP contribution in [0.15, 0.2) is 11.3 Å². The Hall–Kier alpha value is -2.12. The van der Waals surface area contributed by atoms with Crippen LogP contribution in [-0.4, -0.2) is 58.7 Å². The lowest BCUT2D eigenvalue weighted by Crippen LogP contribution is -2.49. The Labute approximate surface area is 143 Å². The molecule has 24 heavy (non-hydrogen) atoms. The molecule has 1 aromatic rings. The van der Waals surface area contributed by atoms with Crippen LogP contribution in [0.25, 0.3) is 0 Å². The summed E-state index contributed by atoms with van der Waals surface area (Å²) in [5.41, 5.74) is -0.315. The lowest BCUT2D eigenvalue weighted by atomic mass is 9.84. The van der Waals surface area contributed by atoms with Gasteiger partial charge in [0.2, 0.25) is 5.91 Å². The number of aliphatic imine (C=N–C) groups is 1. The van der Waals surface area contributed by atoms with Gasteiger partial charge >= 0.3 is 0 Å². The van der Waals surface area contributed by atoms with Crippen molar-refractivity contribution >= 4 is 11.9 Å². The van der Waals surface area contributed by atoms with E-state index in [9.17, 15) is 4.79 Å². The van der Waals surface area contributed by atoms with E-state index in [0.29, 0.717) is 19.0 Å². The van der Waals surface area contributed by atoms with E-state index < -0.39 is 0 Å². The van der Waals surface area contributed by atoms with E-state index in [-0.39, 0.29) is 11.3 Å². The van der Waals surface area contributed by atoms with Gasteiger partial charge in [-0.25, -0.2) is 4.99 Å². The van der Waals surface area contributed by atoms with Crippen molar-refractivity contribution in [1.29, 1.82) is 0 Å². The third kappa shape index (κ3) is 4.24. The molecule has 1 heterocycles. The number of amides is 1. The number of hydrogen-bond donors (Lipinski definition) is 2. The zero-order valence-corrected chi connectivity index (χ0v) is 15.2. The number of hydrogen-bond acceptors (Lipinski definition) is 4. The number of carbonyl (C=O) groups is 1. The van der Waals surface area contributed by atoms with Gasteiger partial charge in [0.15, 0.2) is 11.8 Å². The van der Waals surface area contributed by atoms with Gasteiger partial charge in [-0.15, -0.1) is 10.2 Å². The van der Waals surface area contributed by atoms with Gasteiger partial charge in [0.05, 0.1) is 5.41 Å². The molecular formula is C16H29N7O. The van der Waals surface area contributed by atoms with Crippen molar-refractivity contribution in [3.63, 3.8) is 0 Å². The van der Waals surface area contributed by atoms with Gasteiger partial charge in [-0.3, -0.25) is 4.79 Å². The van der Waals surface area contributed by atoms with Gasteiger partial charge in [-0.2, -0.15) is 0 Å². The van der Waals surface area contributed by atoms with Crippen LogP contribution in [0.2, 0.25) is 0 Å². The third-order valence-electron chi connectivity index (χ3n) is 4.54. The molecule has 1 aliphatic carbocycles. The van der Waals surface area contributed by atoms with Crippen LogP contribution in [0.5, 0.6) is 0 Å². The lowest BCUT2D eigenvalue weighted by molar-refractivity contribution is -0.138. The maximum absolute atomic E-state index is 12.6. The highest BCUT2D eigenvalue weighted by molar-refractivity contribution is 5.85. The van der Waals surface area contributed by atoms with Gasteiger partial charge in [-0.05, 0) is 19.8 Å². The standard InChI is InChI=1S/C16H29N7O/c1-5-17-15(18-10-13-21-20-12-23(13)4)19-11-16(8-6-7-9-16)14(24)22(2)3/h12H,5-11H2,1-4H3,(H2,17,18,19). The molecular weight excluding hydrogens is 306 g/mol. The summed E-state index contributed by atoms with van der Waals surface area (Å²) in [6, 6.07) is 0. The van der Waals surface area contributed by atoms with Gasteiger partial charge in [0.25, 0.3) is 0 Å². The van der Waals surface area contributed by atoms with Crippen molar-refractivity contribution < 1.29 is 4.79 Å². The Balaban J connectivity index is 2.04. The molecule has 8 heteroatoms. The topological polar surface area (TPSA) is 87.4 Å². The summed E-state index contributed by atoms with van der Waals surface area (Å²) in [7, 11) is 5.56. The normalized spacial score (nSPS) is 16.9. The SMILES string of the molecule is CCNC(=NCc1nncn1C)NCC1(C(=O)N(C)C)CCCC1. The quantitative estimate of drug-likeness (QED) is 0.584. The molecule has 0 bridgehead atoms. The van der Waals surface area contributed by atoms with Crippen LogP contribution in [0.4, 0.5) is 0 Å². The molecule has 0 aromatic carbocycles. The van der Waals surface area contributed by atoms with Crippen molar-refractivity contribution in [2.75, 3.05) is 27.2 Å². The minimum atomic E-state index is -0.315. The van der Waals surface area contributed by atoms with Crippen LogP contribution >= 0.6 is 0 Å². The van der Waals surface area contributed by atoms with Crippen molar-refractivity contribution in [1.82, 2.24) is 30.3 Å². The smallest absolute Gasteiger partial charge is 0.230 e. The summed E-state index contributed by atoms with van der Waals surface area (Å²) >= 11 is 0. The molecule has 1 fully saturated rings. The van der Waals surface area contributed by atoms with E-state index in [0.717, 1.165) is 38.1 Å². The highest BCUT2D eigenvalue weighted by Gasteiger charge is 2.42. The monoisotopic (exact) mass is 335 g/mol. The van der Waals surface area contributed by atoms with Gasteiger partial charge in [-0.1, -0.05) is 12.8 Å². The highest BCUT2D eigenvalue weighted by Crippen LogP contribution is 2.38. The van der Waals surface area contributed by atoms with Crippen LogP contribution in [0.1, 0.15) is 38.4 Å². The second-order valence-electron chi connectivity index (χ2n) is 6.59. The first-order chi connectivity index (χ1) is 11.5. The molecule has 134 valence electrons. The molecule has 1 aliphatic rings. The number of rotatable bonds is 6. The second kappa shape index (κ2) is 8.12. The van der Waals surface area contributed by atoms with Gasteiger partial charge in [0, 0.05) is 34.2 Å². The Morgan fingerprint density at radius 2 is 2.08 bits per heavy atom. The number of aryl methyl sites for hydroxylation is 1. The van der Waals surface area contributed by atoms with Crippen molar-refractivity contribution in [3.05, 3.63) is 12.2 Å². The van der Waals surface area contributed by atoms with Gasteiger partial charge < -0.3 is 20.1 Å². The van der Waals surface area contributed by atoms with Crippen LogP contribution in [0, 0.1) is 5.41 Å². The largest absolute Gasteiger partial charge is 0.357 e. The molecule has 0 saturated heterocycles. The number of nitrogens with zero attached hydrogens (tertiary/aromatic N) is 5. The van der Waals surface area contributed by atoms with E-state index in [1.54, 1.807) is 11.2 Å². The molecule has 0 unspecified atom stereocenters. The predicted molar refractivity (Wildman–Crippen MR) is 93.4 cm³/mol. The highest BCUT2D eigenvalue weighted by atomic mass is 16.2. The molecule has 2 N–H and O–H groups in total. The molecule has 0 spiro atoms. The number of aromatic nitrogens is 3. The van der Waals surface area contributed by atoms with Gasteiger partial charge in [0.1, 0.15) is 12.9 Å². The summed E-state index contributed by atoms with van der Waals surface area (Å²) in [6.45, 7) is 3.84. The first-order valence-electron chi connectivity index (χ1n) is 8.55. The lowest BCUT2D eigenvalue weighted by Gasteiger charge is -2.31. The van der Waals surface area contributed by atoms with Crippen LogP contribution < -0.4 is 10.6 Å². The number of carbonyl (C=O) groups excluding carboxylic acids is 1. The Morgan fingerprint density at radius 3 is 2.62 bits per heavy atom. The molecule has 2 rings (SSSR count). The molecule has 0 aliphatic heterocycles. The third-order valence-corrected chi connectivity index (χ3v) is 4.54. The average Bonchev–Trinajstić information content (AvgIpc) is 3.19. The molecule has 8 nitrogen and oxygen atoms in total. The second-order valence-corrected chi connectivity index (χ2v) is 6.59. The summed E-state index contributed by atoms with van der Waals surface area (Å²) in [6.07, 6.45) is 5.73.